The summed E-state index contributed by atoms with van der Waals surface area (Å²) in [6.45, 7) is 5.02. The van der Waals surface area contributed by atoms with Crippen molar-refractivity contribution in [3.05, 3.63) is 0 Å². The van der Waals surface area contributed by atoms with E-state index in [0.717, 1.165) is 24.9 Å². The summed E-state index contributed by atoms with van der Waals surface area (Å²) in [4.78, 5) is 4.39. The summed E-state index contributed by atoms with van der Waals surface area (Å²) in [5, 5.41) is 5.09. The number of hydrogen-bond donors (Lipinski definition) is 1. The molecule has 1 saturated heterocycles. The molecule has 2 rings (SSSR count). The number of ether oxygens (including phenoxy) is 1. The van der Waals surface area contributed by atoms with E-state index in [9.17, 15) is 0 Å². The largest absolute Gasteiger partial charge is 0.376 e. The second-order valence-electron chi connectivity index (χ2n) is 3.59. The highest BCUT2D eigenvalue weighted by Crippen LogP contribution is 2.19. The SMILES string of the molecule is CC1CN=C(NCC2CCCO2)S1. The Labute approximate surface area is 83.3 Å². The van der Waals surface area contributed by atoms with Crippen molar-refractivity contribution in [2.75, 3.05) is 19.7 Å². The van der Waals surface area contributed by atoms with Crippen molar-refractivity contribution in [3.8, 4) is 0 Å². The quantitative estimate of drug-likeness (QED) is 0.728. The van der Waals surface area contributed by atoms with Crippen LogP contribution >= 0.6 is 11.8 Å². The van der Waals surface area contributed by atoms with Gasteiger partial charge in [-0.15, -0.1) is 0 Å². The molecule has 0 amide bonds. The second-order valence-corrected chi connectivity index (χ2v) is 5.02. The third-order valence-corrected chi connectivity index (χ3v) is 3.36. The third-order valence-electron chi connectivity index (χ3n) is 2.31. The molecule has 2 aliphatic rings. The number of nitrogens with zero attached hydrogens (tertiary/aromatic N) is 1. The van der Waals surface area contributed by atoms with Gasteiger partial charge in [0.2, 0.25) is 0 Å². The van der Waals surface area contributed by atoms with Crippen LogP contribution in [0, 0.1) is 0 Å². The van der Waals surface area contributed by atoms with Crippen LogP contribution in [0.5, 0.6) is 0 Å². The van der Waals surface area contributed by atoms with Crippen molar-refractivity contribution in [1.82, 2.24) is 5.32 Å². The fraction of sp³-hybridized carbons (Fsp3) is 0.889. The Hall–Kier alpha value is -0.220. The first-order valence-electron chi connectivity index (χ1n) is 4.91. The van der Waals surface area contributed by atoms with Crippen LogP contribution in [0.25, 0.3) is 0 Å². The highest BCUT2D eigenvalue weighted by Gasteiger charge is 2.18. The molecule has 0 aromatic rings. The van der Waals surface area contributed by atoms with Gasteiger partial charge in [0.25, 0.3) is 0 Å². The van der Waals surface area contributed by atoms with E-state index in [-0.39, 0.29) is 0 Å². The van der Waals surface area contributed by atoms with E-state index in [1.54, 1.807) is 0 Å². The van der Waals surface area contributed by atoms with Gasteiger partial charge in [-0.25, -0.2) is 0 Å². The van der Waals surface area contributed by atoms with Gasteiger partial charge in [0.15, 0.2) is 5.17 Å². The molecule has 0 saturated carbocycles. The predicted octanol–water partition coefficient (Wildman–Crippen LogP) is 1.25. The highest BCUT2D eigenvalue weighted by molar-refractivity contribution is 8.14. The van der Waals surface area contributed by atoms with Crippen molar-refractivity contribution in [1.29, 1.82) is 0 Å². The van der Waals surface area contributed by atoms with Gasteiger partial charge in [-0.05, 0) is 12.8 Å². The van der Waals surface area contributed by atoms with E-state index in [4.69, 9.17) is 4.74 Å². The molecule has 0 aliphatic carbocycles. The van der Waals surface area contributed by atoms with Gasteiger partial charge >= 0.3 is 0 Å². The molecule has 13 heavy (non-hydrogen) atoms. The summed E-state index contributed by atoms with van der Waals surface area (Å²) in [6.07, 6.45) is 2.82. The fourth-order valence-corrected chi connectivity index (χ4v) is 2.43. The number of rotatable bonds is 2. The summed E-state index contributed by atoms with van der Waals surface area (Å²) in [5.41, 5.74) is 0. The van der Waals surface area contributed by atoms with E-state index in [1.807, 2.05) is 11.8 Å². The third kappa shape index (κ3) is 2.61. The number of aliphatic imine (C=N–C) groups is 1. The molecular weight excluding hydrogens is 184 g/mol. The van der Waals surface area contributed by atoms with E-state index in [0.29, 0.717) is 11.4 Å². The lowest BCUT2D eigenvalue weighted by Crippen LogP contribution is -2.29. The maximum absolute atomic E-state index is 5.51. The molecule has 2 atom stereocenters. The molecular formula is C9H16N2OS. The maximum Gasteiger partial charge on any atom is 0.157 e. The standard InChI is InChI=1S/C9H16N2OS/c1-7-5-10-9(13-7)11-6-8-3-2-4-12-8/h7-8H,2-6H2,1H3,(H,10,11). The minimum absolute atomic E-state index is 0.416. The highest BCUT2D eigenvalue weighted by atomic mass is 32.2. The van der Waals surface area contributed by atoms with Crippen molar-refractivity contribution in [3.63, 3.8) is 0 Å². The Kier molecular flexibility index (Phi) is 3.11. The molecule has 2 unspecified atom stereocenters. The van der Waals surface area contributed by atoms with Crippen LogP contribution in [0.1, 0.15) is 19.8 Å². The topological polar surface area (TPSA) is 33.6 Å². The van der Waals surface area contributed by atoms with Gasteiger partial charge in [0.05, 0.1) is 12.6 Å². The smallest absolute Gasteiger partial charge is 0.157 e. The Bertz CT molecular complexity index is 202. The van der Waals surface area contributed by atoms with Crippen LogP contribution in [0.2, 0.25) is 0 Å². The Morgan fingerprint density at radius 3 is 3.23 bits per heavy atom. The van der Waals surface area contributed by atoms with E-state index < -0.39 is 0 Å². The molecule has 0 aromatic carbocycles. The maximum atomic E-state index is 5.51. The average molecular weight is 200 g/mol. The van der Waals surface area contributed by atoms with Crippen LogP contribution in [-0.4, -0.2) is 36.2 Å². The first-order chi connectivity index (χ1) is 6.34. The molecule has 1 N–H and O–H groups in total. The van der Waals surface area contributed by atoms with E-state index >= 15 is 0 Å². The monoisotopic (exact) mass is 200 g/mol. The summed E-state index contributed by atoms with van der Waals surface area (Å²) in [6, 6.07) is 0. The summed E-state index contributed by atoms with van der Waals surface area (Å²) in [5.74, 6) is 0. The molecule has 2 aliphatic heterocycles. The lowest BCUT2D eigenvalue weighted by atomic mass is 10.2. The normalized spacial score (nSPS) is 33.5. The van der Waals surface area contributed by atoms with Crippen LogP contribution in [0.3, 0.4) is 0 Å². The molecule has 4 heteroatoms. The van der Waals surface area contributed by atoms with Gasteiger partial charge < -0.3 is 10.1 Å². The van der Waals surface area contributed by atoms with Gasteiger partial charge in [0, 0.05) is 18.4 Å². The van der Waals surface area contributed by atoms with Crippen molar-refractivity contribution >= 4 is 16.9 Å². The minimum atomic E-state index is 0.416. The summed E-state index contributed by atoms with van der Waals surface area (Å²) < 4.78 is 5.51. The van der Waals surface area contributed by atoms with Gasteiger partial charge in [-0.1, -0.05) is 18.7 Å². The lowest BCUT2D eigenvalue weighted by Gasteiger charge is -2.11. The Balaban J connectivity index is 1.67. The van der Waals surface area contributed by atoms with Crippen molar-refractivity contribution in [2.24, 2.45) is 4.99 Å². The number of nitrogens with one attached hydrogen (secondary N) is 1. The molecule has 0 bridgehead atoms. The first kappa shape index (κ1) is 9.34. The van der Waals surface area contributed by atoms with Crippen molar-refractivity contribution < 1.29 is 4.74 Å². The molecule has 2 heterocycles. The number of hydrogen-bond acceptors (Lipinski definition) is 4. The van der Waals surface area contributed by atoms with Crippen LogP contribution in [-0.2, 0) is 4.74 Å². The van der Waals surface area contributed by atoms with Crippen LogP contribution in [0.15, 0.2) is 4.99 Å². The van der Waals surface area contributed by atoms with E-state index in [1.165, 1.54) is 12.8 Å². The van der Waals surface area contributed by atoms with Crippen LogP contribution < -0.4 is 5.32 Å². The van der Waals surface area contributed by atoms with Gasteiger partial charge in [-0.3, -0.25) is 4.99 Å². The summed E-state index contributed by atoms with van der Waals surface area (Å²) in [7, 11) is 0. The zero-order chi connectivity index (χ0) is 9.10. The lowest BCUT2D eigenvalue weighted by molar-refractivity contribution is 0.114. The van der Waals surface area contributed by atoms with Gasteiger partial charge in [-0.2, -0.15) is 0 Å². The average Bonchev–Trinajstić information content (AvgIpc) is 2.71. The number of thioether (sulfide) groups is 1. The van der Waals surface area contributed by atoms with Crippen LogP contribution in [0.4, 0.5) is 0 Å². The van der Waals surface area contributed by atoms with Gasteiger partial charge in [0.1, 0.15) is 0 Å². The molecule has 0 spiro atoms. The second kappa shape index (κ2) is 4.33. The number of amidine groups is 1. The zero-order valence-electron chi connectivity index (χ0n) is 7.95. The predicted molar refractivity (Wildman–Crippen MR) is 56.3 cm³/mol. The Morgan fingerprint density at radius 1 is 1.69 bits per heavy atom. The zero-order valence-corrected chi connectivity index (χ0v) is 8.77. The summed E-state index contributed by atoms with van der Waals surface area (Å²) >= 11 is 1.83. The first-order valence-corrected chi connectivity index (χ1v) is 5.79. The minimum Gasteiger partial charge on any atom is -0.376 e. The molecule has 74 valence electrons. The molecule has 0 radical (unpaired) electrons. The molecule has 0 aromatic heterocycles. The van der Waals surface area contributed by atoms with Crippen molar-refractivity contribution in [2.45, 2.75) is 31.1 Å². The fourth-order valence-electron chi connectivity index (χ4n) is 1.58. The Morgan fingerprint density at radius 2 is 2.62 bits per heavy atom. The molecule has 3 nitrogen and oxygen atoms in total. The molecule has 1 fully saturated rings. The van der Waals surface area contributed by atoms with E-state index in [2.05, 4.69) is 17.2 Å².